The highest BCUT2D eigenvalue weighted by Crippen LogP contribution is 2.38. The standard InChI is InChI=1S/C17H23NO3/c1-21-14-4-2-3-12(9-14)5-8-17(20)18-10-13-6-7-16(19)15(13)11-18/h2-4,9,13,15-16,19H,5-8,10-11H2,1H3. The lowest BCUT2D eigenvalue weighted by molar-refractivity contribution is -0.130. The van der Waals surface area contributed by atoms with Crippen molar-refractivity contribution in [1.29, 1.82) is 0 Å². The number of carbonyl (C=O) groups excluding carboxylic acids is 1. The van der Waals surface area contributed by atoms with Gasteiger partial charge in [0.25, 0.3) is 0 Å². The summed E-state index contributed by atoms with van der Waals surface area (Å²) in [5.41, 5.74) is 1.13. The average molecular weight is 289 g/mol. The molecule has 3 atom stereocenters. The molecule has 0 radical (unpaired) electrons. The molecule has 0 spiro atoms. The average Bonchev–Trinajstić information content (AvgIpc) is 3.07. The maximum Gasteiger partial charge on any atom is 0.222 e. The molecule has 4 nitrogen and oxygen atoms in total. The van der Waals surface area contributed by atoms with Gasteiger partial charge in [-0.05, 0) is 42.9 Å². The molecule has 1 aliphatic carbocycles. The number of rotatable bonds is 4. The first kappa shape index (κ1) is 14.4. The summed E-state index contributed by atoms with van der Waals surface area (Å²) in [5.74, 6) is 1.87. The number of aliphatic hydroxyl groups excluding tert-OH is 1. The van der Waals surface area contributed by atoms with Gasteiger partial charge >= 0.3 is 0 Å². The summed E-state index contributed by atoms with van der Waals surface area (Å²) in [5, 5.41) is 9.91. The van der Waals surface area contributed by atoms with Crippen LogP contribution in [0.4, 0.5) is 0 Å². The smallest absolute Gasteiger partial charge is 0.222 e. The summed E-state index contributed by atoms with van der Waals surface area (Å²) in [6, 6.07) is 7.87. The summed E-state index contributed by atoms with van der Waals surface area (Å²) < 4.78 is 5.20. The van der Waals surface area contributed by atoms with Gasteiger partial charge in [-0.2, -0.15) is 0 Å². The van der Waals surface area contributed by atoms with Gasteiger partial charge in [0.05, 0.1) is 13.2 Å². The van der Waals surface area contributed by atoms with Crippen LogP contribution in [0.3, 0.4) is 0 Å². The number of nitrogens with zero attached hydrogens (tertiary/aromatic N) is 1. The van der Waals surface area contributed by atoms with Crippen LogP contribution in [0.15, 0.2) is 24.3 Å². The van der Waals surface area contributed by atoms with Crippen molar-refractivity contribution in [2.75, 3.05) is 20.2 Å². The van der Waals surface area contributed by atoms with E-state index in [1.807, 2.05) is 29.2 Å². The summed E-state index contributed by atoms with van der Waals surface area (Å²) in [6.07, 6.45) is 3.03. The van der Waals surface area contributed by atoms with Crippen LogP contribution in [-0.4, -0.2) is 42.2 Å². The summed E-state index contributed by atoms with van der Waals surface area (Å²) in [6.45, 7) is 1.57. The SMILES string of the molecule is COc1cccc(CCC(=O)N2CC3CCC(O)C3C2)c1. The molecule has 2 aliphatic rings. The number of hydrogen-bond donors (Lipinski definition) is 1. The first-order valence-corrected chi connectivity index (χ1v) is 7.76. The molecule has 1 saturated carbocycles. The molecule has 1 saturated heterocycles. The molecule has 3 unspecified atom stereocenters. The van der Waals surface area contributed by atoms with Crippen LogP contribution in [0.1, 0.15) is 24.8 Å². The van der Waals surface area contributed by atoms with E-state index in [2.05, 4.69) is 0 Å². The number of methoxy groups -OCH3 is 1. The van der Waals surface area contributed by atoms with Crippen molar-refractivity contribution in [2.24, 2.45) is 11.8 Å². The van der Waals surface area contributed by atoms with E-state index in [0.717, 1.165) is 43.7 Å². The normalized spacial score (nSPS) is 27.7. The fraction of sp³-hybridized carbons (Fsp3) is 0.588. The first-order chi connectivity index (χ1) is 10.2. The van der Waals surface area contributed by atoms with Crippen molar-refractivity contribution >= 4 is 5.91 Å². The molecule has 1 heterocycles. The molecule has 0 aromatic heterocycles. The maximum absolute atomic E-state index is 12.3. The third-order valence-electron chi connectivity index (χ3n) is 4.93. The lowest BCUT2D eigenvalue weighted by Gasteiger charge is -2.18. The number of carbonyl (C=O) groups is 1. The van der Waals surface area contributed by atoms with Gasteiger partial charge in [0.1, 0.15) is 5.75 Å². The molecule has 1 N–H and O–H groups in total. The number of amides is 1. The minimum atomic E-state index is -0.203. The zero-order valence-corrected chi connectivity index (χ0v) is 12.5. The predicted molar refractivity (Wildman–Crippen MR) is 80.1 cm³/mol. The maximum atomic E-state index is 12.3. The Morgan fingerprint density at radius 2 is 2.24 bits per heavy atom. The second kappa shape index (κ2) is 6.06. The molecule has 114 valence electrons. The Morgan fingerprint density at radius 3 is 3.00 bits per heavy atom. The van der Waals surface area contributed by atoms with Gasteiger partial charge < -0.3 is 14.7 Å². The van der Waals surface area contributed by atoms with Crippen LogP contribution < -0.4 is 4.74 Å². The van der Waals surface area contributed by atoms with E-state index in [4.69, 9.17) is 4.74 Å². The molecule has 1 aromatic rings. The van der Waals surface area contributed by atoms with Gasteiger partial charge in [0, 0.05) is 25.4 Å². The van der Waals surface area contributed by atoms with Crippen molar-refractivity contribution in [1.82, 2.24) is 4.90 Å². The van der Waals surface area contributed by atoms with Crippen molar-refractivity contribution in [3.8, 4) is 5.75 Å². The number of benzene rings is 1. The van der Waals surface area contributed by atoms with Crippen molar-refractivity contribution in [3.05, 3.63) is 29.8 Å². The quantitative estimate of drug-likeness (QED) is 0.920. The lowest BCUT2D eigenvalue weighted by Crippen LogP contribution is -2.31. The highest BCUT2D eigenvalue weighted by atomic mass is 16.5. The van der Waals surface area contributed by atoms with Gasteiger partial charge in [-0.25, -0.2) is 0 Å². The van der Waals surface area contributed by atoms with E-state index in [1.54, 1.807) is 7.11 Å². The van der Waals surface area contributed by atoms with Crippen molar-refractivity contribution in [2.45, 2.75) is 31.8 Å². The van der Waals surface area contributed by atoms with Crippen molar-refractivity contribution < 1.29 is 14.6 Å². The molecule has 1 amide bonds. The molecule has 4 heteroatoms. The van der Waals surface area contributed by atoms with E-state index in [1.165, 1.54) is 0 Å². The van der Waals surface area contributed by atoms with E-state index in [-0.39, 0.29) is 12.0 Å². The zero-order valence-electron chi connectivity index (χ0n) is 12.5. The molecule has 2 fully saturated rings. The number of fused-ring (bicyclic) bond motifs is 1. The third-order valence-corrected chi connectivity index (χ3v) is 4.93. The Kier molecular flexibility index (Phi) is 4.15. The van der Waals surface area contributed by atoms with E-state index < -0.39 is 0 Å². The number of likely N-dealkylation sites (tertiary alicyclic amines) is 1. The van der Waals surface area contributed by atoms with Gasteiger partial charge in [-0.1, -0.05) is 12.1 Å². The Bertz CT molecular complexity index is 517. The Balaban J connectivity index is 1.53. The first-order valence-electron chi connectivity index (χ1n) is 7.76. The summed E-state index contributed by atoms with van der Waals surface area (Å²) in [4.78, 5) is 14.3. The van der Waals surface area contributed by atoms with E-state index in [9.17, 15) is 9.90 Å². The van der Waals surface area contributed by atoms with Gasteiger partial charge in [-0.15, -0.1) is 0 Å². The summed E-state index contributed by atoms with van der Waals surface area (Å²) in [7, 11) is 1.65. The molecular formula is C17H23NO3. The second-order valence-corrected chi connectivity index (χ2v) is 6.22. The Hall–Kier alpha value is -1.55. The largest absolute Gasteiger partial charge is 0.497 e. The number of aliphatic hydroxyl groups is 1. The van der Waals surface area contributed by atoms with Gasteiger partial charge in [0.15, 0.2) is 0 Å². The van der Waals surface area contributed by atoms with Crippen LogP contribution in [-0.2, 0) is 11.2 Å². The van der Waals surface area contributed by atoms with Gasteiger partial charge in [-0.3, -0.25) is 4.79 Å². The molecule has 1 aliphatic heterocycles. The molecule has 21 heavy (non-hydrogen) atoms. The van der Waals surface area contributed by atoms with Crippen LogP contribution >= 0.6 is 0 Å². The fourth-order valence-electron chi connectivity index (χ4n) is 3.68. The molecule has 0 bridgehead atoms. The summed E-state index contributed by atoms with van der Waals surface area (Å²) >= 11 is 0. The monoisotopic (exact) mass is 289 g/mol. The van der Waals surface area contributed by atoms with E-state index >= 15 is 0 Å². The van der Waals surface area contributed by atoms with Crippen LogP contribution in [0.25, 0.3) is 0 Å². The van der Waals surface area contributed by atoms with Crippen LogP contribution in [0, 0.1) is 11.8 Å². The third kappa shape index (κ3) is 3.05. The molecule has 1 aromatic carbocycles. The van der Waals surface area contributed by atoms with E-state index in [0.29, 0.717) is 18.3 Å². The Labute approximate surface area is 125 Å². The number of hydrogen-bond acceptors (Lipinski definition) is 3. The zero-order chi connectivity index (χ0) is 14.8. The van der Waals surface area contributed by atoms with Crippen LogP contribution in [0.5, 0.6) is 5.75 Å². The highest BCUT2D eigenvalue weighted by Gasteiger charge is 2.42. The topological polar surface area (TPSA) is 49.8 Å². The second-order valence-electron chi connectivity index (χ2n) is 6.22. The number of ether oxygens (including phenoxy) is 1. The van der Waals surface area contributed by atoms with Crippen LogP contribution in [0.2, 0.25) is 0 Å². The minimum Gasteiger partial charge on any atom is -0.497 e. The minimum absolute atomic E-state index is 0.203. The lowest BCUT2D eigenvalue weighted by atomic mass is 10.00. The fourth-order valence-corrected chi connectivity index (χ4v) is 3.68. The number of aryl methyl sites for hydroxylation is 1. The highest BCUT2D eigenvalue weighted by molar-refractivity contribution is 5.76. The predicted octanol–water partition coefficient (Wildman–Crippen LogP) is 1.86. The molecule has 3 rings (SSSR count). The van der Waals surface area contributed by atoms with Crippen molar-refractivity contribution in [3.63, 3.8) is 0 Å². The van der Waals surface area contributed by atoms with Gasteiger partial charge in [0.2, 0.25) is 5.91 Å². The Morgan fingerprint density at radius 1 is 1.38 bits per heavy atom. The molecular weight excluding hydrogens is 266 g/mol.